The van der Waals surface area contributed by atoms with Crippen molar-refractivity contribution in [3.63, 3.8) is 0 Å². The third-order valence-corrected chi connectivity index (χ3v) is 3.81. The molecule has 2 amide bonds. The van der Waals surface area contributed by atoms with Crippen LogP contribution in [0.5, 0.6) is 5.75 Å². The number of aliphatic hydroxyl groups is 1. The zero-order valence-corrected chi connectivity index (χ0v) is 12.2. The van der Waals surface area contributed by atoms with E-state index in [9.17, 15) is 9.90 Å². The van der Waals surface area contributed by atoms with E-state index in [2.05, 4.69) is 10.6 Å². The lowest BCUT2D eigenvalue weighted by Crippen LogP contribution is -2.52. The fourth-order valence-electron chi connectivity index (χ4n) is 2.32. The van der Waals surface area contributed by atoms with E-state index in [-0.39, 0.29) is 12.6 Å². The molecule has 0 radical (unpaired) electrons. The van der Waals surface area contributed by atoms with Gasteiger partial charge in [-0.15, -0.1) is 0 Å². The number of nitrogens with one attached hydrogen (secondary N) is 2. The molecule has 1 aromatic rings. The number of hydrogen-bond donors (Lipinski definition) is 3. The number of carbonyl (C=O) groups is 1. The van der Waals surface area contributed by atoms with Gasteiger partial charge in [0.2, 0.25) is 0 Å². The summed E-state index contributed by atoms with van der Waals surface area (Å²) >= 11 is 0. The third-order valence-electron chi connectivity index (χ3n) is 3.81. The van der Waals surface area contributed by atoms with Crippen molar-refractivity contribution in [1.29, 1.82) is 0 Å². The molecule has 0 saturated heterocycles. The standard InChI is InChI=1S/C15H22N2O3/c1-10-4-7-13(20-3)12(8-10)16-14(19)17-15(2,9-18)11-5-6-11/h4,7-8,11,18H,5-6,9H2,1-3H3,(H2,16,17,19). The van der Waals surface area contributed by atoms with Crippen LogP contribution in [0.4, 0.5) is 10.5 Å². The molecule has 3 N–H and O–H groups in total. The van der Waals surface area contributed by atoms with Gasteiger partial charge < -0.3 is 20.5 Å². The number of ether oxygens (including phenoxy) is 1. The first-order chi connectivity index (χ1) is 9.48. The molecule has 1 unspecified atom stereocenters. The highest BCUT2D eigenvalue weighted by Gasteiger charge is 2.42. The second kappa shape index (κ2) is 5.71. The molecule has 20 heavy (non-hydrogen) atoms. The van der Waals surface area contributed by atoms with Crippen LogP contribution in [-0.4, -0.2) is 30.4 Å². The van der Waals surface area contributed by atoms with Gasteiger partial charge in [-0.25, -0.2) is 4.79 Å². The predicted molar refractivity (Wildman–Crippen MR) is 78.1 cm³/mol. The number of carbonyl (C=O) groups excluding carboxylic acids is 1. The Morgan fingerprint density at radius 3 is 2.75 bits per heavy atom. The Morgan fingerprint density at radius 1 is 1.50 bits per heavy atom. The largest absolute Gasteiger partial charge is 0.495 e. The number of aliphatic hydroxyl groups excluding tert-OH is 1. The lowest BCUT2D eigenvalue weighted by Gasteiger charge is -2.29. The van der Waals surface area contributed by atoms with Gasteiger partial charge in [0.25, 0.3) is 0 Å². The minimum atomic E-state index is -0.554. The van der Waals surface area contributed by atoms with Crippen LogP contribution in [-0.2, 0) is 0 Å². The number of methoxy groups -OCH3 is 1. The van der Waals surface area contributed by atoms with Crippen molar-refractivity contribution in [2.45, 2.75) is 32.2 Å². The van der Waals surface area contributed by atoms with Crippen molar-refractivity contribution in [3.05, 3.63) is 23.8 Å². The monoisotopic (exact) mass is 278 g/mol. The highest BCUT2D eigenvalue weighted by Crippen LogP contribution is 2.39. The van der Waals surface area contributed by atoms with Crippen LogP contribution in [0.25, 0.3) is 0 Å². The summed E-state index contributed by atoms with van der Waals surface area (Å²) in [5.41, 5.74) is 1.11. The summed E-state index contributed by atoms with van der Waals surface area (Å²) in [7, 11) is 1.57. The van der Waals surface area contributed by atoms with E-state index in [4.69, 9.17) is 4.74 Å². The van der Waals surface area contributed by atoms with Gasteiger partial charge in [-0.2, -0.15) is 0 Å². The van der Waals surface area contributed by atoms with Crippen molar-refractivity contribution in [2.75, 3.05) is 19.0 Å². The summed E-state index contributed by atoms with van der Waals surface area (Å²) in [5.74, 6) is 0.973. The molecule has 5 nitrogen and oxygen atoms in total. The molecule has 1 saturated carbocycles. The van der Waals surface area contributed by atoms with E-state index in [0.717, 1.165) is 18.4 Å². The molecular weight excluding hydrogens is 256 g/mol. The minimum Gasteiger partial charge on any atom is -0.495 e. The summed E-state index contributed by atoms with van der Waals surface area (Å²) in [5, 5.41) is 15.1. The summed E-state index contributed by atoms with van der Waals surface area (Å²) in [6.45, 7) is 3.76. The van der Waals surface area contributed by atoms with Gasteiger partial charge in [-0.05, 0) is 50.3 Å². The summed E-state index contributed by atoms with van der Waals surface area (Å²) in [6.07, 6.45) is 2.09. The van der Waals surface area contributed by atoms with E-state index >= 15 is 0 Å². The van der Waals surface area contributed by atoms with Gasteiger partial charge in [-0.1, -0.05) is 6.07 Å². The second-order valence-corrected chi connectivity index (χ2v) is 5.63. The Kier molecular flexibility index (Phi) is 4.18. The molecule has 1 fully saturated rings. The fourth-order valence-corrected chi connectivity index (χ4v) is 2.32. The molecule has 1 aliphatic carbocycles. The first-order valence-electron chi connectivity index (χ1n) is 6.83. The van der Waals surface area contributed by atoms with Gasteiger partial charge in [0.05, 0.1) is 24.9 Å². The molecule has 1 atom stereocenters. The molecule has 0 aromatic heterocycles. The lowest BCUT2D eigenvalue weighted by molar-refractivity contribution is 0.159. The number of benzene rings is 1. The maximum atomic E-state index is 12.1. The molecule has 0 aliphatic heterocycles. The highest BCUT2D eigenvalue weighted by atomic mass is 16.5. The van der Waals surface area contributed by atoms with Crippen molar-refractivity contribution in [1.82, 2.24) is 5.32 Å². The lowest BCUT2D eigenvalue weighted by atomic mass is 9.97. The third kappa shape index (κ3) is 3.22. The molecule has 5 heteroatoms. The summed E-state index contributed by atoms with van der Waals surface area (Å²) in [6, 6.07) is 5.27. The number of rotatable bonds is 5. The Labute approximate surface area is 119 Å². The number of anilines is 1. The molecule has 0 spiro atoms. The Bertz CT molecular complexity index is 500. The molecule has 1 aliphatic rings. The molecule has 2 rings (SSSR count). The van der Waals surface area contributed by atoms with E-state index in [0.29, 0.717) is 17.4 Å². The maximum absolute atomic E-state index is 12.1. The van der Waals surface area contributed by atoms with Gasteiger partial charge >= 0.3 is 6.03 Å². The van der Waals surface area contributed by atoms with Crippen LogP contribution in [0, 0.1) is 12.8 Å². The van der Waals surface area contributed by atoms with Crippen LogP contribution in [0.3, 0.4) is 0 Å². The Hall–Kier alpha value is -1.75. The van der Waals surface area contributed by atoms with Crippen LogP contribution in [0.1, 0.15) is 25.3 Å². The minimum absolute atomic E-state index is 0.0595. The number of amides is 2. The Balaban J connectivity index is 2.06. The summed E-state index contributed by atoms with van der Waals surface area (Å²) in [4.78, 5) is 12.1. The smallest absolute Gasteiger partial charge is 0.319 e. The van der Waals surface area contributed by atoms with Gasteiger partial charge in [-0.3, -0.25) is 0 Å². The molecular formula is C15H22N2O3. The highest BCUT2D eigenvalue weighted by molar-refractivity contribution is 5.91. The molecule has 0 heterocycles. The van der Waals surface area contributed by atoms with E-state index in [1.54, 1.807) is 7.11 Å². The predicted octanol–water partition coefficient (Wildman–Crippen LogP) is 2.29. The van der Waals surface area contributed by atoms with Gasteiger partial charge in [0.1, 0.15) is 5.75 Å². The summed E-state index contributed by atoms with van der Waals surface area (Å²) < 4.78 is 5.23. The average Bonchev–Trinajstić information content (AvgIpc) is 3.23. The van der Waals surface area contributed by atoms with Crippen molar-refractivity contribution < 1.29 is 14.6 Å². The molecule has 110 valence electrons. The van der Waals surface area contributed by atoms with Crippen LogP contribution in [0.15, 0.2) is 18.2 Å². The van der Waals surface area contributed by atoms with E-state index < -0.39 is 5.54 Å². The zero-order chi connectivity index (χ0) is 14.8. The van der Waals surface area contributed by atoms with Crippen LogP contribution < -0.4 is 15.4 Å². The first kappa shape index (κ1) is 14.7. The van der Waals surface area contributed by atoms with E-state index in [1.807, 2.05) is 32.0 Å². The average molecular weight is 278 g/mol. The fraction of sp³-hybridized carbons (Fsp3) is 0.533. The second-order valence-electron chi connectivity index (χ2n) is 5.63. The van der Waals surface area contributed by atoms with Gasteiger partial charge in [0.15, 0.2) is 0 Å². The van der Waals surface area contributed by atoms with Crippen LogP contribution >= 0.6 is 0 Å². The maximum Gasteiger partial charge on any atom is 0.319 e. The van der Waals surface area contributed by atoms with Crippen molar-refractivity contribution >= 4 is 11.7 Å². The normalized spacial score (nSPS) is 17.2. The Morgan fingerprint density at radius 2 is 2.20 bits per heavy atom. The van der Waals surface area contributed by atoms with E-state index in [1.165, 1.54) is 0 Å². The van der Waals surface area contributed by atoms with Gasteiger partial charge in [0, 0.05) is 0 Å². The topological polar surface area (TPSA) is 70.6 Å². The number of aryl methyl sites for hydroxylation is 1. The quantitative estimate of drug-likeness (QED) is 0.774. The van der Waals surface area contributed by atoms with Crippen LogP contribution in [0.2, 0.25) is 0 Å². The SMILES string of the molecule is COc1ccc(C)cc1NC(=O)NC(C)(CO)C1CC1. The number of urea groups is 1. The van der Waals surface area contributed by atoms with Crippen molar-refractivity contribution in [2.24, 2.45) is 5.92 Å². The van der Waals surface area contributed by atoms with Crippen molar-refractivity contribution in [3.8, 4) is 5.75 Å². The first-order valence-corrected chi connectivity index (χ1v) is 6.83. The molecule has 1 aromatic carbocycles. The number of hydrogen-bond acceptors (Lipinski definition) is 3. The molecule has 0 bridgehead atoms. The zero-order valence-electron chi connectivity index (χ0n) is 12.2.